The zero-order valence-electron chi connectivity index (χ0n) is 8.65. The minimum absolute atomic E-state index is 0.0692. The summed E-state index contributed by atoms with van der Waals surface area (Å²) in [7, 11) is 0. The second-order valence-corrected chi connectivity index (χ2v) is 3.94. The van der Waals surface area contributed by atoms with Gasteiger partial charge in [0.25, 0.3) is 0 Å². The molecule has 0 spiro atoms. The van der Waals surface area contributed by atoms with Crippen molar-refractivity contribution < 1.29 is 14.3 Å². The molecule has 4 heteroatoms. The Kier molecular flexibility index (Phi) is 3.11. The molecule has 0 aliphatic heterocycles. The molecule has 0 atom stereocenters. The fraction of sp³-hybridized carbons (Fsp3) is 0. The third-order valence-electron chi connectivity index (χ3n) is 2.37. The maximum atomic E-state index is 13.7. The molecule has 0 aliphatic carbocycles. The fourth-order valence-corrected chi connectivity index (χ4v) is 1.64. The minimum Gasteiger partial charge on any atom is -0.478 e. The molecule has 2 aromatic carbocycles. The predicted molar refractivity (Wildman–Crippen MR) is 63.8 cm³/mol. The van der Waals surface area contributed by atoms with Gasteiger partial charge >= 0.3 is 5.97 Å². The van der Waals surface area contributed by atoms with Gasteiger partial charge in [0.2, 0.25) is 0 Å². The van der Waals surface area contributed by atoms with Crippen LogP contribution in [0.4, 0.5) is 4.39 Å². The SMILES string of the molecule is O=C(O)c1ccc(-c2ccc(Cl)cc2)c(F)c1. The van der Waals surface area contributed by atoms with Crippen molar-refractivity contribution in [2.24, 2.45) is 0 Å². The van der Waals surface area contributed by atoms with Crippen molar-refractivity contribution in [1.82, 2.24) is 0 Å². The lowest BCUT2D eigenvalue weighted by Crippen LogP contribution is -1.97. The van der Waals surface area contributed by atoms with Crippen LogP contribution in [0.25, 0.3) is 11.1 Å². The zero-order chi connectivity index (χ0) is 12.4. The highest BCUT2D eigenvalue weighted by molar-refractivity contribution is 6.30. The van der Waals surface area contributed by atoms with Gasteiger partial charge in [-0.05, 0) is 29.8 Å². The molecule has 0 bridgehead atoms. The monoisotopic (exact) mass is 250 g/mol. The van der Waals surface area contributed by atoms with Crippen molar-refractivity contribution in [3.05, 3.63) is 58.9 Å². The molecule has 0 saturated heterocycles. The first-order valence-electron chi connectivity index (χ1n) is 4.87. The van der Waals surface area contributed by atoms with Gasteiger partial charge in [-0.1, -0.05) is 29.8 Å². The van der Waals surface area contributed by atoms with E-state index in [0.29, 0.717) is 16.1 Å². The van der Waals surface area contributed by atoms with Gasteiger partial charge < -0.3 is 5.11 Å². The van der Waals surface area contributed by atoms with E-state index in [9.17, 15) is 9.18 Å². The van der Waals surface area contributed by atoms with Gasteiger partial charge in [0, 0.05) is 10.6 Å². The second kappa shape index (κ2) is 4.55. The van der Waals surface area contributed by atoms with E-state index in [4.69, 9.17) is 16.7 Å². The van der Waals surface area contributed by atoms with Crippen molar-refractivity contribution in [2.75, 3.05) is 0 Å². The van der Waals surface area contributed by atoms with Crippen LogP contribution in [-0.2, 0) is 0 Å². The van der Waals surface area contributed by atoms with Gasteiger partial charge in [-0.2, -0.15) is 0 Å². The van der Waals surface area contributed by atoms with E-state index in [0.717, 1.165) is 6.07 Å². The molecule has 1 N–H and O–H groups in total. The minimum atomic E-state index is -1.15. The lowest BCUT2D eigenvalue weighted by molar-refractivity contribution is 0.0696. The first-order chi connectivity index (χ1) is 8.08. The third-order valence-corrected chi connectivity index (χ3v) is 2.62. The smallest absolute Gasteiger partial charge is 0.335 e. The first kappa shape index (κ1) is 11.6. The molecule has 0 amide bonds. The van der Waals surface area contributed by atoms with Gasteiger partial charge in [-0.3, -0.25) is 0 Å². The standard InChI is InChI=1S/C13H8ClFO2/c14-10-4-1-8(2-5-10)11-6-3-9(13(16)17)7-12(11)15/h1-7H,(H,16,17). The van der Waals surface area contributed by atoms with E-state index in [2.05, 4.69) is 0 Å². The van der Waals surface area contributed by atoms with E-state index in [1.807, 2.05) is 0 Å². The van der Waals surface area contributed by atoms with Crippen molar-refractivity contribution in [3.8, 4) is 11.1 Å². The molecular formula is C13H8ClFO2. The van der Waals surface area contributed by atoms with Crippen LogP contribution in [0, 0.1) is 5.82 Å². The Morgan fingerprint density at radius 1 is 1.12 bits per heavy atom. The van der Waals surface area contributed by atoms with Crippen LogP contribution < -0.4 is 0 Å². The number of hydrogen-bond donors (Lipinski definition) is 1. The van der Waals surface area contributed by atoms with Crippen LogP contribution in [0.5, 0.6) is 0 Å². The quantitative estimate of drug-likeness (QED) is 0.879. The van der Waals surface area contributed by atoms with Crippen molar-refractivity contribution in [2.45, 2.75) is 0 Å². The van der Waals surface area contributed by atoms with Gasteiger partial charge in [0.15, 0.2) is 0 Å². The molecular weight excluding hydrogens is 243 g/mol. The molecule has 2 nitrogen and oxygen atoms in total. The highest BCUT2D eigenvalue weighted by atomic mass is 35.5. The largest absolute Gasteiger partial charge is 0.478 e. The normalized spacial score (nSPS) is 10.2. The highest BCUT2D eigenvalue weighted by Gasteiger charge is 2.09. The van der Waals surface area contributed by atoms with Crippen LogP contribution in [0.2, 0.25) is 5.02 Å². The topological polar surface area (TPSA) is 37.3 Å². The van der Waals surface area contributed by atoms with Crippen LogP contribution >= 0.6 is 11.6 Å². The number of carbonyl (C=O) groups is 1. The molecule has 86 valence electrons. The highest BCUT2D eigenvalue weighted by Crippen LogP contribution is 2.25. The molecule has 2 rings (SSSR count). The lowest BCUT2D eigenvalue weighted by Gasteiger charge is -2.04. The molecule has 2 aromatic rings. The summed E-state index contributed by atoms with van der Waals surface area (Å²) in [6.45, 7) is 0. The van der Waals surface area contributed by atoms with Crippen molar-refractivity contribution in [1.29, 1.82) is 0 Å². The van der Waals surface area contributed by atoms with Crippen LogP contribution in [0.15, 0.2) is 42.5 Å². The molecule has 0 aliphatic rings. The number of halogens is 2. The van der Waals surface area contributed by atoms with Crippen LogP contribution in [0.3, 0.4) is 0 Å². The van der Waals surface area contributed by atoms with E-state index in [-0.39, 0.29) is 5.56 Å². The van der Waals surface area contributed by atoms with E-state index >= 15 is 0 Å². The molecule has 0 radical (unpaired) electrons. The average molecular weight is 251 g/mol. The maximum absolute atomic E-state index is 13.7. The average Bonchev–Trinajstić information content (AvgIpc) is 2.30. The Labute approximate surface area is 102 Å². The first-order valence-corrected chi connectivity index (χ1v) is 5.24. The summed E-state index contributed by atoms with van der Waals surface area (Å²) in [6.07, 6.45) is 0. The third kappa shape index (κ3) is 2.45. The lowest BCUT2D eigenvalue weighted by atomic mass is 10.0. The predicted octanol–water partition coefficient (Wildman–Crippen LogP) is 3.84. The summed E-state index contributed by atoms with van der Waals surface area (Å²) >= 11 is 5.73. The van der Waals surface area contributed by atoms with Crippen molar-refractivity contribution >= 4 is 17.6 Å². The van der Waals surface area contributed by atoms with Gasteiger partial charge in [0.1, 0.15) is 5.82 Å². The Morgan fingerprint density at radius 2 is 1.76 bits per heavy atom. The number of carboxylic acids is 1. The molecule has 0 fully saturated rings. The maximum Gasteiger partial charge on any atom is 0.335 e. The Balaban J connectivity index is 2.46. The van der Waals surface area contributed by atoms with E-state index in [1.165, 1.54) is 12.1 Å². The Hall–Kier alpha value is -1.87. The summed E-state index contributed by atoms with van der Waals surface area (Å²) in [5, 5.41) is 9.29. The molecule has 17 heavy (non-hydrogen) atoms. The van der Waals surface area contributed by atoms with Crippen molar-refractivity contribution in [3.63, 3.8) is 0 Å². The summed E-state index contributed by atoms with van der Waals surface area (Å²) in [6, 6.07) is 10.5. The molecule has 0 unspecified atom stereocenters. The fourth-order valence-electron chi connectivity index (χ4n) is 1.51. The number of aromatic carboxylic acids is 1. The number of carboxylic acid groups (broad SMARTS) is 1. The number of rotatable bonds is 2. The Morgan fingerprint density at radius 3 is 2.29 bits per heavy atom. The summed E-state index contributed by atoms with van der Waals surface area (Å²) in [4.78, 5) is 10.7. The number of hydrogen-bond acceptors (Lipinski definition) is 1. The zero-order valence-corrected chi connectivity index (χ0v) is 9.41. The second-order valence-electron chi connectivity index (χ2n) is 3.51. The Bertz CT molecular complexity index is 564. The van der Waals surface area contributed by atoms with E-state index < -0.39 is 11.8 Å². The van der Waals surface area contributed by atoms with Crippen LogP contribution in [-0.4, -0.2) is 11.1 Å². The molecule has 0 heterocycles. The summed E-state index contributed by atoms with van der Waals surface area (Å²) in [5.74, 6) is -1.71. The van der Waals surface area contributed by atoms with Crippen LogP contribution in [0.1, 0.15) is 10.4 Å². The van der Waals surface area contributed by atoms with E-state index in [1.54, 1.807) is 24.3 Å². The summed E-state index contributed by atoms with van der Waals surface area (Å²) in [5.41, 5.74) is 0.940. The van der Waals surface area contributed by atoms with Gasteiger partial charge in [-0.15, -0.1) is 0 Å². The van der Waals surface area contributed by atoms with Gasteiger partial charge in [-0.25, -0.2) is 9.18 Å². The summed E-state index contributed by atoms with van der Waals surface area (Å²) < 4.78 is 13.7. The molecule has 0 aromatic heterocycles. The number of benzene rings is 2. The van der Waals surface area contributed by atoms with Gasteiger partial charge in [0.05, 0.1) is 5.56 Å². The molecule has 0 saturated carbocycles.